The molecule has 0 atom stereocenters. The number of nitrogens with one attached hydrogen (secondary N) is 2. The third-order valence-corrected chi connectivity index (χ3v) is 2.53. The van der Waals surface area contributed by atoms with E-state index in [-0.39, 0.29) is 6.61 Å². The quantitative estimate of drug-likeness (QED) is 0.750. The van der Waals surface area contributed by atoms with Gasteiger partial charge >= 0.3 is 12.0 Å². The van der Waals surface area contributed by atoms with Crippen molar-refractivity contribution in [3.63, 3.8) is 0 Å². The van der Waals surface area contributed by atoms with E-state index in [1.165, 1.54) is 7.05 Å². The number of aryl methyl sites for hydroxylation is 1. The number of esters is 1. The van der Waals surface area contributed by atoms with Gasteiger partial charge in [-0.1, -0.05) is 19.1 Å². The van der Waals surface area contributed by atoms with E-state index < -0.39 is 24.5 Å². The highest BCUT2D eigenvalue weighted by Gasteiger charge is 2.10. The minimum absolute atomic E-state index is 0.307. The third kappa shape index (κ3) is 6.42. The van der Waals surface area contributed by atoms with Crippen LogP contribution in [-0.4, -0.2) is 38.2 Å². The molecule has 0 radical (unpaired) electrons. The zero-order valence-corrected chi connectivity index (χ0v) is 12.0. The highest BCUT2D eigenvalue weighted by Crippen LogP contribution is 2.12. The Morgan fingerprint density at radius 3 is 2.33 bits per heavy atom. The predicted molar refractivity (Wildman–Crippen MR) is 74.9 cm³/mol. The molecule has 0 aliphatic heterocycles. The first kappa shape index (κ1) is 16.5. The van der Waals surface area contributed by atoms with Crippen LogP contribution in [0.25, 0.3) is 0 Å². The predicted octanol–water partition coefficient (Wildman–Crippen LogP) is 0.627. The van der Waals surface area contributed by atoms with Gasteiger partial charge in [-0.2, -0.15) is 0 Å². The Bertz CT molecular complexity index is 499. The lowest BCUT2D eigenvalue weighted by Crippen LogP contribution is -2.40. The summed E-state index contributed by atoms with van der Waals surface area (Å²) in [6.45, 7) is 1.19. The van der Waals surface area contributed by atoms with Crippen LogP contribution in [0.4, 0.5) is 4.79 Å². The summed E-state index contributed by atoms with van der Waals surface area (Å²) in [5, 5.41) is 4.17. The van der Waals surface area contributed by atoms with Crippen molar-refractivity contribution < 1.29 is 23.9 Å². The number of urea groups is 1. The lowest BCUT2D eigenvalue weighted by atomic mass is 10.2. The van der Waals surface area contributed by atoms with E-state index in [0.717, 1.165) is 12.0 Å². The van der Waals surface area contributed by atoms with Crippen molar-refractivity contribution in [1.82, 2.24) is 10.6 Å². The first-order valence-electron chi connectivity index (χ1n) is 6.44. The van der Waals surface area contributed by atoms with E-state index in [0.29, 0.717) is 5.75 Å². The van der Waals surface area contributed by atoms with Gasteiger partial charge in [0.15, 0.2) is 13.2 Å². The Morgan fingerprint density at radius 2 is 1.76 bits per heavy atom. The molecule has 0 bridgehead atoms. The van der Waals surface area contributed by atoms with Gasteiger partial charge in [-0.25, -0.2) is 9.59 Å². The highest BCUT2D eigenvalue weighted by atomic mass is 16.6. The minimum atomic E-state index is -0.713. The van der Waals surface area contributed by atoms with Crippen LogP contribution in [-0.2, 0) is 20.7 Å². The van der Waals surface area contributed by atoms with Crippen LogP contribution >= 0.6 is 0 Å². The molecule has 7 nitrogen and oxygen atoms in total. The van der Waals surface area contributed by atoms with E-state index in [1.54, 1.807) is 12.1 Å². The Balaban J connectivity index is 2.27. The maximum Gasteiger partial charge on any atom is 0.344 e. The average molecular weight is 294 g/mol. The van der Waals surface area contributed by atoms with Crippen LogP contribution in [0, 0.1) is 0 Å². The number of imide groups is 1. The molecular weight excluding hydrogens is 276 g/mol. The van der Waals surface area contributed by atoms with Crippen LogP contribution in [0.3, 0.4) is 0 Å². The van der Waals surface area contributed by atoms with Crippen molar-refractivity contribution in [2.75, 3.05) is 20.3 Å². The molecule has 3 amide bonds. The molecule has 0 spiro atoms. The fourth-order valence-electron chi connectivity index (χ4n) is 1.38. The van der Waals surface area contributed by atoms with Crippen LogP contribution in [0.15, 0.2) is 24.3 Å². The van der Waals surface area contributed by atoms with Gasteiger partial charge in [0.2, 0.25) is 0 Å². The third-order valence-electron chi connectivity index (χ3n) is 2.53. The van der Waals surface area contributed by atoms with Gasteiger partial charge in [0.1, 0.15) is 5.75 Å². The van der Waals surface area contributed by atoms with Gasteiger partial charge in [0.05, 0.1) is 0 Å². The van der Waals surface area contributed by atoms with Gasteiger partial charge in [0.25, 0.3) is 5.91 Å². The van der Waals surface area contributed by atoms with Gasteiger partial charge in [0, 0.05) is 7.05 Å². The Hall–Kier alpha value is -2.57. The average Bonchev–Trinajstić information content (AvgIpc) is 2.51. The van der Waals surface area contributed by atoms with Crippen LogP contribution in [0.5, 0.6) is 5.75 Å². The normalized spacial score (nSPS) is 9.62. The van der Waals surface area contributed by atoms with Crippen LogP contribution in [0.2, 0.25) is 0 Å². The number of carbonyl (C=O) groups excluding carboxylic acids is 3. The van der Waals surface area contributed by atoms with Crippen LogP contribution < -0.4 is 15.4 Å². The molecule has 0 saturated heterocycles. The van der Waals surface area contributed by atoms with Gasteiger partial charge in [-0.3, -0.25) is 10.1 Å². The number of amides is 3. The van der Waals surface area contributed by atoms with E-state index >= 15 is 0 Å². The molecule has 0 aliphatic carbocycles. The smallest absolute Gasteiger partial charge is 0.344 e. The molecule has 0 saturated carbocycles. The van der Waals surface area contributed by atoms with Crippen molar-refractivity contribution in [1.29, 1.82) is 0 Å². The molecule has 7 heteroatoms. The summed E-state index contributed by atoms with van der Waals surface area (Å²) in [4.78, 5) is 33.4. The van der Waals surface area contributed by atoms with Gasteiger partial charge < -0.3 is 14.8 Å². The molecule has 1 rings (SSSR count). The summed E-state index contributed by atoms with van der Waals surface area (Å²) in [7, 11) is 1.37. The molecule has 0 aromatic heterocycles. The SMILES string of the molecule is CCc1ccc(OCC(=O)OCC(=O)NC(=O)NC)cc1. The number of rotatable bonds is 6. The zero-order valence-electron chi connectivity index (χ0n) is 12.0. The maximum atomic E-state index is 11.4. The number of benzene rings is 1. The second-order valence-corrected chi connectivity index (χ2v) is 4.07. The van der Waals surface area contributed by atoms with E-state index in [9.17, 15) is 14.4 Å². The fourth-order valence-corrected chi connectivity index (χ4v) is 1.38. The standard InChI is InChI=1S/C14H18N2O5/c1-3-10-4-6-11(7-5-10)20-9-13(18)21-8-12(17)16-14(19)15-2/h4-7H,3,8-9H2,1-2H3,(H2,15,16,17,19). The zero-order chi connectivity index (χ0) is 15.7. The number of ether oxygens (including phenoxy) is 2. The van der Waals surface area contributed by atoms with Crippen molar-refractivity contribution >= 4 is 17.9 Å². The van der Waals surface area contributed by atoms with Gasteiger partial charge in [-0.15, -0.1) is 0 Å². The molecule has 1 aromatic rings. The number of hydrogen-bond donors (Lipinski definition) is 2. The van der Waals surface area contributed by atoms with Crippen molar-refractivity contribution in [3.05, 3.63) is 29.8 Å². The molecule has 0 fully saturated rings. The Kier molecular flexibility index (Phi) is 6.73. The Morgan fingerprint density at radius 1 is 1.10 bits per heavy atom. The lowest BCUT2D eigenvalue weighted by molar-refractivity contribution is -0.150. The van der Waals surface area contributed by atoms with E-state index in [2.05, 4.69) is 10.1 Å². The summed E-state index contributed by atoms with van der Waals surface area (Å²) >= 11 is 0. The lowest BCUT2D eigenvalue weighted by Gasteiger charge is -2.07. The fraction of sp³-hybridized carbons (Fsp3) is 0.357. The van der Waals surface area contributed by atoms with Crippen LogP contribution in [0.1, 0.15) is 12.5 Å². The molecule has 21 heavy (non-hydrogen) atoms. The van der Waals surface area contributed by atoms with Gasteiger partial charge in [-0.05, 0) is 24.1 Å². The summed E-state index contributed by atoms with van der Waals surface area (Å²) in [5.41, 5.74) is 1.16. The summed E-state index contributed by atoms with van der Waals surface area (Å²) in [6.07, 6.45) is 0.919. The number of carbonyl (C=O) groups is 3. The first-order chi connectivity index (χ1) is 10.0. The highest BCUT2D eigenvalue weighted by molar-refractivity contribution is 5.95. The van der Waals surface area contributed by atoms with Crippen molar-refractivity contribution in [2.24, 2.45) is 0 Å². The maximum absolute atomic E-state index is 11.4. The molecule has 0 aliphatic rings. The minimum Gasteiger partial charge on any atom is -0.482 e. The first-order valence-corrected chi connectivity index (χ1v) is 6.44. The topological polar surface area (TPSA) is 93.7 Å². The van der Waals surface area contributed by atoms with E-state index in [1.807, 2.05) is 24.4 Å². The molecule has 0 heterocycles. The molecular formula is C14H18N2O5. The molecule has 1 aromatic carbocycles. The van der Waals surface area contributed by atoms with Crippen molar-refractivity contribution in [2.45, 2.75) is 13.3 Å². The molecule has 0 unspecified atom stereocenters. The Labute approximate surface area is 122 Å². The summed E-state index contributed by atoms with van der Waals surface area (Å²) in [6, 6.07) is 6.65. The second-order valence-electron chi connectivity index (χ2n) is 4.07. The number of hydrogen-bond acceptors (Lipinski definition) is 5. The molecule has 2 N–H and O–H groups in total. The summed E-state index contributed by atoms with van der Waals surface area (Å²) < 4.78 is 9.88. The van der Waals surface area contributed by atoms with Crippen molar-refractivity contribution in [3.8, 4) is 5.75 Å². The summed E-state index contributed by atoms with van der Waals surface area (Å²) in [5.74, 6) is -0.865. The van der Waals surface area contributed by atoms with E-state index in [4.69, 9.17) is 4.74 Å². The largest absolute Gasteiger partial charge is 0.482 e. The molecule has 114 valence electrons. The monoisotopic (exact) mass is 294 g/mol. The second kappa shape index (κ2) is 8.57.